The molecule has 0 aromatic heterocycles. The van der Waals surface area contributed by atoms with E-state index in [1.807, 2.05) is 48.6 Å². The predicted molar refractivity (Wildman–Crippen MR) is 119 cm³/mol. The molecule has 0 fully saturated rings. The molecule has 2 rings (SSSR count). The van der Waals surface area contributed by atoms with Crippen LogP contribution >= 0.6 is 0 Å². The first-order valence-corrected chi connectivity index (χ1v) is 10.1. The lowest BCUT2D eigenvalue weighted by Gasteiger charge is -2.18. The number of allylic oxidation sites excluding steroid dienone is 2. The Balaban J connectivity index is 1.90. The highest BCUT2D eigenvalue weighted by atomic mass is 16.5. The number of nitrogens with zero attached hydrogens (tertiary/aromatic N) is 1. The van der Waals surface area contributed by atoms with Crippen molar-refractivity contribution in [3.63, 3.8) is 0 Å². The summed E-state index contributed by atoms with van der Waals surface area (Å²) in [5.41, 5.74) is 3.27. The molecule has 0 amide bonds. The lowest BCUT2D eigenvalue weighted by molar-refractivity contribution is -0.110. The molecular formula is C25H31NO2. The topological polar surface area (TPSA) is 29.5 Å². The van der Waals surface area contributed by atoms with Crippen molar-refractivity contribution in [1.29, 1.82) is 0 Å². The van der Waals surface area contributed by atoms with Gasteiger partial charge in [0.15, 0.2) is 5.78 Å². The third-order valence-electron chi connectivity index (χ3n) is 4.67. The first kappa shape index (κ1) is 21.6. The van der Waals surface area contributed by atoms with Crippen LogP contribution in [0.5, 0.6) is 5.75 Å². The summed E-state index contributed by atoms with van der Waals surface area (Å²) in [7, 11) is 0. The zero-order valence-electron chi connectivity index (χ0n) is 17.2. The van der Waals surface area contributed by atoms with Crippen molar-refractivity contribution < 1.29 is 9.53 Å². The number of hydrogen-bond donors (Lipinski definition) is 0. The van der Waals surface area contributed by atoms with E-state index in [2.05, 4.69) is 37.8 Å². The molecule has 0 spiro atoms. The van der Waals surface area contributed by atoms with E-state index >= 15 is 0 Å². The standard InChI is InChI=1S/C25H31NO2/c1-4-21-9-7-10-22(19-21)13-15-24(27)16-14-23-11-8-12-25(20-23)28-18-17-26(5-2)6-3/h7-16,19-20H,4-6,17-18H2,1-3H3/b15-13+,16-14+. The molecule has 0 saturated heterocycles. The average molecular weight is 378 g/mol. The van der Waals surface area contributed by atoms with Crippen molar-refractivity contribution >= 4 is 17.9 Å². The Labute approximate surface area is 169 Å². The van der Waals surface area contributed by atoms with E-state index in [4.69, 9.17) is 4.74 Å². The van der Waals surface area contributed by atoms with Gasteiger partial charge in [0.05, 0.1) is 0 Å². The normalized spacial score (nSPS) is 11.6. The summed E-state index contributed by atoms with van der Waals surface area (Å²) in [6.45, 7) is 10.1. The number of aryl methyl sites for hydroxylation is 1. The van der Waals surface area contributed by atoms with Crippen LogP contribution < -0.4 is 4.74 Å². The molecule has 0 aliphatic carbocycles. The van der Waals surface area contributed by atoms with Gasteiger partial charge < -0.3 is 9.64 Å². The zero-order valence-corrected chi connectivity index (χ0v) is 17.2. The smallest absolute Gasteiger partial charge is 0.178 e. The first-order chi connectivity index (χ1) is 13.6. The summed E-state index contributed by atoms with van der Waals surface area (Å²) < 4.78 is 5.84. The lowest BCUT2D eigenvalue weighted by atomic mass is 10.1. The number of carbonyl (C=O) groups is 1. The molecule has 2 aromatic rings. The minimum Gasteiger partial charge on any atom is -0.492 e. The third-order valence-corrected chi connectivity index (χ3v) is 4.67. The summed E-state index contributed by atoms with van der Waals surface area (Å²) in [4.78, 5) is 14.5. The van der Waals surface area contributed by atoms with Crippen LogP contribution in [0.25, 0.3) is 12.2 Å². The van der Waals surface area contributed by atoms with Crippen LogP contribution in [0.3, 0.4) is 0 Å². The Morgan fingerprint density at radius 1 is 0.929 bits per heavy atom. The maximum atomic E-state index is 12.1. The van der Waals surface area contributed by atoms with Gasteiger partial charge in [0, 0.05) is 6.54 Å². The van der Waals surface area contributed by atoms with Crippen molar-refractivity contribution in [3.05, 3.63) is 77.4 Å². The molecule has 0 aliphatic heterocycles. The molecular weight excluding hydrogens is 346 g/mol. The van der Waals surface area contributed by atoms with Gasteiger partial charge in [-0.25, -0.2) is 0 Å². The molecule has 2 aromatic carbocycles. The van der Waals surface area contributed by atoms with Crippen LogP contribution in [0.2, 0.25) is 0 Å². The number of ether oxygens (including phenoxy) is 1. The SMILES string of the molecule is CCc1cccc(/C=C/C(=O)/C=C/c2cccc(OCCN(CC)CC)c2)c1. The van der Waals surface area contributed by atoms with E-state index in [-0.39, 0.29) is 5.78 Å². The molecule has 148 valence electrons. The van der Waals surface area contributed by atoms with Crippen LogP contribution in [0, 0.1) is 0 Å². The Morgan fingerprint density at radius 3 is 2.21 bits per heavy atom. The summed E-state index contributed by atoms with van der Waals surface area (Å²) in [6.07, 6.45) is 7.87. The van der Waals surface area contributed by atoms with Gasteiger partial charge in [0.1, 0.15) is 12.4 Å². The van der Waals surface area contributed by atoms with E-state index in [0.717, 1.165) is 42.9 Å². The second kappa shape index (κ2) is 11.9. The van der Waals surface area contributed by atoms with Crippen molar-refractivity contribution in [2.45, 2.75) is 27.2 Å². The Hall–Kier alpha value is -2.65. The van der Waals surface area contributed by atoms with Gasteiger partial charge in [-0.05, 0) is 60.5 Å². The Kier molecular flexibility index (Phi) is 9.23. The van der Waals surface area contributed by atoms with Crippen LogP contribution in [-0.2, 0) is 11.2 Å². The first-order valence-electron chi connectivity index (χ1n) is 10.1. The molecule has 3 heteroatoms. The molecule has 0 heterocycles. The highest BCUT2D eigenvalue weighted by Gasteiger charge is 2.00. The number of rotatable bonds is 11. The largest absolute Gasteiger partial charge is 0.492 e. The average Bonchev–Trinajstić information content (AvgIpc) is 2.74. The molecule has 0 saturated carbocycles. The van der Waals surface area contributed by atoms with E-state index in [1.54, 1.807) is 12.2 Å². The fourth-order valence-electron chi connectivity index (χ4n) is 2.87. The van der Waals surface area contributed by atoms with Gasteiger partial charge in [-0.2, -0.15) is 0 Å². The number of ketones is 1. The van der Waals surface area contributed by atoms with Crippen LogP contribution in [0.1, 0.15) is 37.5 Å². The zero-order chi connectivity index (χ0) is 20.2. The van der Waals surface area contributed by atoms with E-state index in [9.17, 15) is 4.79 Å². The van der Waals surface area contributed by atoms with Crippen molar-refractivity contribution in [2.24, 2.45) is 0 Å². The highest BCUT2D eigenvalue weighted by molar-refractivity contribution is 6.04. The minimum absolute atomic E-state index is 0.0326. The van der Waals surface area contributed by atoms with Crippen LogP contribution in [0.4, 0.5) is 0 Å². The quantitative estimate of drug-likeness (QED) is 0.500. The number of benzene rings is 2. The summed E-state index contributed by atoms with van der Waals surface area (Å²) in [5, 5.41) is 0. The summed E-state index contributed by atoms with van der Waals surface area (Å²) in [6, 6.07) is 16.0. The monoisotopic (exact) mass is 377 g/mol. The van der Waals surface area contributed by atoms with Gasteiger partial charge >= 0.3 is 0 Å². The molecule has 3 nitrogen and oxygen atoms in total. The molecule has 0 atom stereocenters. The Bertz CT molecular complexity index is 804. The minimum atomic E-state index is -0.0326. The van der Waals surface area contributed by atoms with E-state index in [1.165, 1.54) is 5.56 Å². The molecule has 0 unspecified atom stereocenters. The van der Waals surface area contributed by atoms with E-state index in [0.29, 0.717) is 6.61 Å². The second-order valence-corrected chi connectivity index (χ2v) is 6.62. The summed E-state index contributed by atoms with van der Waals surface area (Å²) >= 11 is 0. The predicted octanol–water partition coefficient (Wildman–Crippen LogP) is 5.27. The molecule has 0 radical (unpaired) electrons. The highest BCUT2D eigenvalue weighted by Crippen LogP contribution is 2.15. The molecule has 0 N–H and O–H groups in total. The molecule has 28 heavy (non-hydrogen) atoms. The number of carbonyl (C=O) groups excluding carboxylic acids is 1. The van der Waals surface area contributed by atoms with Crippen molar-refractivity contribution in [3.8, 4) is 5.75 Å². The molecule has 0 bridgehead atoms. The Morgan fingerprint density at radius 2 is 1.57 bits per heavy atom. The van der Waals surface area contributed by atoms with Gasteiger partial charge in [0.25, 0.3) is 0 Å². The summed E-state index contributed by atoms with van der Waals surface area (Å²) in [5.74, 6) is 0.795. The second-order valence-electron chi connectivity index (χ2n) is 6.62. The fraction of sp³-hybridized carbons (Fsp3) is 0.320. The molecule has 0 aliphatic rings. The van der Waals surface area contributed by atoms with Crippen LogP contribution in [-0.4, -0.2) is 36.9 Å². The number of hydrogen-bond acceptors (Lipinski definition) is 3. The van der Waals surface area contributed by atoms with Crippen LogP contribution in [0.15, 0.2) is 60.7 Å². The van der Waals surface area contributed by atoms with Crippen molar-refractivity contribution in [2.75, 3.05) is 26.2 Å². The van der Waals surface area contributed by atoms with Crippen molar-refractivity contribution in [1.82, 2.24) is 4.90 Å². The van der Waals surface area contributed by atoms with Gasteiger partial charge in [-0.1, -0.05) is 69.3 Å². The van der Waals surface area contributed by atoms with Gasteiger partial charge in [-0.3, -0.25) is 4.79 Å². The van der Waals surface area contributed by atoms with E-state index < -0.39 is 0 Å². The van der Waals surface area contributed by atoms with Gasteiger partial charge in [-0.15, -0.1) is 0 Å². The van der Waals surface area contributed by atoms with Gasteiger partial charge in [0.2, 0.25) is 0 Å². The number of likely N-dealkylation sites (N-methyl/N-ethyl adjacent to an activating group) is 1. The maximum absolute atomic E-state index is 12.1. The fourth-order valence-corrected chi connectivity index (χ4v) is 2.87. The lowest BCUT2D eigenvalue weighted by Crippen LogP contribution is -2.27. The maximum Gasteiger partial charge on any atom is 0.178 e. The third kappa shape index (κ3) is 7.53.